The van der Waals surface area contributed by atoms with E-state index < -0.39 is 5.97 Å². The van der Waals surface area contributed by atoms with Crippen LogP contribution in [0, 0.1) is 12.8 Å². The van der Waals surface area contributed by atoms with E-state index in [1.807, 2.05) is 25.1 Å². The topological polar surface area (TPSA) is 101 Å². The van der Waals surface area contributed by atoms with Gasteiger partial charge in [0.1, 0.15) is 23.1 Å². The van der Waals surface area contributed by atoms with Gasteiger partial charge in [0.05, 0.1) is 24.1 Å². The third-order valence-corrected chi connectivity index (χ3v) is 7.40. The number of ether oxygens (including phenoxy) is 2. The quantitative estimate of drug-likeness (QED) is 0.306. The predicted octanol–water partition coefficient (Wildman–Crippen LogP) is 6.64. The molecule has 0 bridgehead atoms. The van der Waals surface area contributed by atoms with Crippen molar-refractivity contribution in [2.45, 2.75) is 39.0 Å². The highest BCUT2D eigenvalue weighted by Crippen LogP contribution is 2.26. The van der Waals surface area contributed by atoms with Crippen molar-refractivity contribution in [3.63, 3.8) is 0 Å². The molecule has 2 heterocycles. The monoisotopic (exact) mass is 553 g/mol. The highest BCUT2D eigenvalue weighted by Gasteiger charge is 2.19. The molecule has 1 saturated heterocycles. The normalized spacial score (nSPS) is 16.9. The summed E-state index contributed by atoms with van der Waals surface area (Å²) in [6, 6.07) is 15.9. The second-order valence-electron chi connectivity index (χ2n) is 10.5. The molecule has 2 aliphatic rings. The average molecular weight is 554 g/mol. The number of nitrogens with one attached hydrogen (secondary N) is 1. The summed E-state index contributed by atoms with van der Waals surface area (Å²) in [5.41, 5.74) is 2.34. The number of aromatic carboxylic acids is 1. The van der Waals surface area contributed by atoms with Crippen molar-refractivity contribution in [3.05, 3.63) is 101 Å². The maximum Gasteiger partial charge on any atom is 0.335 e. The molecular weight excluding hydrogens is 518 g/mol. The maximum atomic E-state index is 12.8. The van der Waals surface area contributed by atoms with Gasteiger partial charge in [-0.2, -0.15) is 0 Å². The average Bonchev–Trinajstić information content (AvgIpc) is 3.24. The third-order valence-electron chi connectivity index (χ3n) is 7.40. The number of nitrogens with zero attached hydrogens (tertiary/aromatic N) is 2. The van der Waals surface area contributed by atoms with E-state index in [4.69, 9.17) is 9.47 Å². The molecule has 0 spiro atoms. The molecule has 1 unspecified atom stereocenters. The summed E-state index contributed by atoms with van der Waals surface area (Å²) in [6.07, 6.45) is 12.8. The van der Waals surface area contributed by atoms with Crippen LogP contribution in [0.25, 0.3) is 0 Å². The van der Waals surface area contributed by atoms with Gasteiger partial charge in [-0.1, -0.05) is 12.1 Å². The van der Waals surface area contributed by atoms with Crippen LogP contribution in [0.2, 0.25) is 0 Å². The molecule has 2 aromatic carbocycles. The number of allylic oxidation sites excluding steroid dienone is 3. The summed E-state index contributed by atoms with van der Waals surface area (Å²) in [4.78, 5) is 30.9. The molecule has 41 heavy (non-hydrogen) atoms. The van der Waals surface area contributed by atoms with Crippen LogP contribution in [0.1, 0.15) is 58.4 Å². The van der Waals surface area contributed by atoms with E-state index in [1.54, 1.807) is 48.7 Å². The number of aromatic nitrogens is 1. The molecule has 1 aliphatic heterocycles. The largest absolute Gasteiger partial charge is 0.493 e. The summed E-state index contributed by atoms with van der Waals surface area (Å²) in [5.74, 6) is 2.24. The fraction of sp³-hybridized carbons (Fsp3) is 0.303. The standard InChI is InChI=1S/C33H35N3O5/c1-23-9-10-26(33(38)39)20-30(23)40-22-24-6-5-18-36(19-17-24)31-16-13-27(21-34-31)35-32(37)25-11-14-29(15-12-25)41-28-7-3-2-4-8-28/h3,7-16,20-21,24H,2,4-6,17-19,22H2,1H3,(H,35,37)(H,38,39). The van der Waals surface area contributed by atoms with E-state index in [0.717, 1.165) is 62.3 Å². The number of amides is 1. The molecule has 2 N–H and O–H groups in total. The molecule has 1 aromatic heterocycles. The Balaban J connectivity index is 1.11. The first-order chi connectivity index (χ1) is 19.9. The number of hydrogen-bond donors (Lipinski definition) is 2. The molecule has 1 atom stereocenters. The van der Waals surface area contributed by atoms with E-state index in [1.165, 1.54) is 0 Å². The number of anilines is 2. The Kier molecular flexibility index (Phi) is 8.98. The minimum atomic E-state index is -0.955. The molecule has 0 radical (unpaired) electrons. The minimum absolute atomic E-state index is 0.204. The molecule has 0 saturated carbocycles. The fourth-order valence-electron chi connectivity index (χ4n) is 4.98. The van der Waals surface area contributed by atoms with Crippen molar-refractivity contribution in [2.24, 2.45) is 5.92 Å². The number of carboxylic acids is 1. The smallest absolute Gasteiger partial charge is 0.335 e. The Bertz CT molecular complexity index is 1430. The van der Waals surface area contributed by atoms with Gasteiger partial charge in [0, 0.05) is 18.7 Å². The first kappa shape index (κ1) is 28.0. The van der Waals surface area contributed by atoms with E-state index in [0.29, 0.717) is 35.3 Å². The summed E-state index contributed by atoms with van der Waals surface area (Å²) in [7, 11) is 0. The molecular formula is C33H35N3O5. The van der Waals surface area contributed by atoms with E-state index in [2.05, 4.69) is 27.4 Å². The van der Waals surface area contributed by atoms with Gasteiger partial charge in [-0.05, 0) is 111 Å². The number of aryl methyl sites for hydroxylation is 1. The number of carbonyl (C=O) groups is 2. The number of rotatable bonds is 9. The van der Waals surface area contributed by atoms with Crippen LogP contribution in [0.5, 0.6) is 11.5 Å². The first-order valence-corrected chi connectivity index (χ1v) is 14.1. The Morgan fingerprint density at radius 1 is 1.02 bits per heavy atom. The Morgan fingerprint density at radius 3 is 2.59 bits per heavy atom. The number of carboxylic acid groups (broad SMARTS) is 1. The maximum absolute atomic E-state index is 12.8. The SMILES string of the molecule is Cc1ccc(C(=O)O)cc1OCC1CCCN(c2ccc(NC(=O)c3ccc(OC4=CCCC=C4)cc3)cn2)CC1. The van der Waals surface area contributed by atoms with Crippen LogP contribution in [-0.2, 0) is 0 Å². The van der Waals surface area contributed by atoms with Gasteiger partial charge in [0.2, 0.25) is 0 Å². The Morgan fingerprint density at radius 2 is 1.85 bits per heavy atom. The van der Waals surface area contributed by atoms with Gasteiger partial charge < -0.3 is 24.8 Å². The van der Waals surface area contributed by atoms with Crippen LogP contribution in [0.15, 0.2) is 84.8 Å². The lowest BCUT2D eigenvalue weighted by molar-refractivity contribution is 0.0696. The lowest BCUT2D eigenvalue weighted by Gasteiger charge is -2.22. The number of pyridine rings is 1. The predicted molar refractivity (Wildman–Crippen MR) is 159 cm³/mol. The zero-order valence-corrected chi connectivity index (χ0v) is 23.2. The van der Waals surface area contributed by atoms with Crippen LogP contribution < -0.4 is 19.7 Å². The summed E-state index contributed by atoms with van der Waals surface area (Å²) < 4.78 is 11.9. The van der Waals surface area contributed by atoms with Gasteiger partial charge >= 0.3 is 5.97 Å². The molecule has 8 heteroatoms. The van der Waals surface area contributed by atoms with Crippen molar-refractivity contribution >= 4 is 23.4 Å². The second-order valence-corrected chi connectivity index (χ2v) is 10.5. The van der Waals surface area contributed by atoms with E-state index in [9.17, 15) is 14.7 Å². The van der Waals surface area contributed by atoms with Crippen molar-refractivity contribution < 1.29 is 24.2 Å². The molecule has 5 rings (SSSR count). The first-order valence-electron chi connectivity index (χ1n) is 14.1. The van der Waals surface area contributed by atoms with Crippen molar-refractivity contribution in [1.82, 2.24) is 4.98 Å². The highest BCUT2D eigenvalue weighted by atomic mass is 16.5. The highest BCUT2D eigenvalue weighted by molar-refractivity contribution is 6.04. The van der Waals surface area contributed by atoms with Crippen molar-refractivity contribution in [3.8, 4) is 11.5 Å². The van der Waals surface area contributed by atoms with Crippen LogP contribution >= 0.6 is 0 Å². The minimum Gasteiger partial charge on any atom is -0.493 e. The van der Waals surface area contributed by atoms with Crippen molar-refractivity contribution in [2.75, 3.05) is 29.9 Å². The molecule has 212 valence electrons. The molecule has 1 fully saturated rings. The van der Waals surface area contributed by atoms with Crippen LogP contribution in [-0.4, -0.2) is 41.7 Å². The molecule has 1 aliphatic carbocycles. The zero-order chi connectivity index (χ0) is 28.6. The van der Waals surface area contributed by atoms with Crippen LogP contribution in [0.3, 0.4) is 0 Å². The van der Waals surface area contributed by atoms with Gasteiger partial charge in [-0.15, -0.1) is 0 Å². The fourth-order valence-corrected chi connectivity index (χ4v) is 4.98. The lowest BCUT2D eigenvalue weighted by atomic mass is 10.0. The molecule has 1 amide bonds. The number of hydrogen-bond acceptors (Lipinski definition) is 6. The van der Waals surface area contributed by atoms with E-state index >= 15 is 0 Å². The summed E-state index contributed by atoms with van der Waals surface area (Å²) >= 11 is 0. The number of carbonyl (C=O) groups excluding carboxylic acids is 1. The Hall–Kier alpha value is -4.59. The lowest BCUT2D eigenvalue weighted by Crippen LogP contribution is -2.25. The Labute approximate surface area is 240 Å². The van der Waals surface area contributed by atoms with Gasteiger partial charge in [0.15, 0.2) is 0 Å². The van der Waals surface area contributed by atoms with Gasteiger partial charge in [-0.3, -0.25) is 4.79 Å². The summed E-state index contributed by atoms with van der Waals surface area (Å²) in [5, 5.41) is 12.2. The van der Waals surface area contributed by atoms with Crippen LogP contribution in [0.4, 0.5) is 11.5 Å². The summed E-state index contributed by atoms with van der Waals surface area (Å²) in [6.45, 7) is 4.22. The zero-order valence-electron chi connectivity index (χ0n) is 23.2. The van der Waals surface area contributed by atoms with E-state index in [-0.39, 0.29) is 11.5 Å². The van der Waals surface area contributed by atoms with Gasteiger partial charge in [-0.25, -0.2) is 9.78 Å². The third kappa shape index (κ3) is 7.54. The van der Waals surface area contributed by atoms with Gasteiger partial charge in [0.25, 0.3) is 5.91 Å². The second kappa shape index (κ2) is 13.2. The van der Waals surface area contributed by atoms with Crippen molar-refractivity contribution in [1.29, 1.82) is 0 Å². The molecule has 8 nitrogen and oxygen atoms in total. The number of benzene rings is 2. The molecule has 3 aromatic rings.